The van der Waals surface area contributed by atoms with Crippen LogP contribution in [0.1, 0.15) is 38.3 Å². The van der Waals surface area contributed by atoms with Crippen LogP contribution in [0.4, 0.5) is 0 Å². The number of hydrogen-bond acceptors (Lipinski definition) is 4. The smallest absolute Gasteiger partial charge is 0.161 e. The monoisotopic (exact) mass is 292 g/mol. The van der Waals surface area contributed by atoms with Crippen LogP contribution in [0.2, 0.25) is 0 Å². The number of hydrogen-bond donors (Lipinski definition) is 1. The zero-order valence-corrected chi connectivity index (χ0v) is 13.5. The molecule has 0 saturated heterocycles. The molecular weight excluding hydrogens is 264 g/mol. The zero-order chi connectivity index (χ0) is 15.1. The predicted molar refractivity (Wildman–Crippen MR) is 86.3 cm³/mol. The summed E-state index contributed by atoms with van der Waals surface area (Å²) in [5.74, 6) is 1.75. The molecule has 0 aliphatic carbocycles. The van der Waals surface area contributed by atoms with Gasteiger partial charge in [0.25, 0.3) is 0 Å². The minimum absolute atomic E-state index is 0.314. The Labute approximate surface area is 128 Å². The number of fused-ring (bicyclic) bond motifs is 1. The van der Waals surface area contributed by atoms with Gasteiger partial charge in [0.2, 0.25) is 0 Å². The second kappa shape index (κ2) is 8.25. The molecule has 0 saturated carbocycles. The van der Waals surface area contributed by atoms with Crippen molar-refractivity contribution in [3.63, 3.8) is 0 Å². The van der Waals surface area contributed by atoms with Crippen LogP contribution in [0.5, 0.6) is 11.5 Å². The van der Waals surface area contributed by atoms with Crippen molar-refractivity contribution in [2.24, 2.45) is 0 Å². The normalized spacial score (nSPS) is 15.8. The van der Waals surface area contributed by atoms with E-state index in [4.69, 9.17) is 9.47 Å². The van der Waals surface area contributed by atoms with E-state index < -0.39 is 0 Å². The first kappa shape index (κ1) is 16.1. The lowest BCUT2D eigenvalue weighted by Gasteiger charge is -2.26. The lowest BCUT2D eigenvalue weighted by molar-refractivity contribution is 0.258. The van der Waals surface area contributed by atoms with Crippen molar-refractivity contribution < 1.29 is 9.47 Å². The summed E-state index contributed by atoms with van der Waals surface area (Å²) in [6.07, 6.45) is 2.13. The lowest BCUT2D eigenvalue weighted by Crippen LogP contribution is -2.34. The predicted octanol–water partition coefficient (Wildman–Crippen LogP) is 2.84. The molecule has 0 amide bonds. The maximum absolute atomic E-state index is 5.80. The third kappa shape index (κ3) is 4.35. The molecule has 4 heteroatoms. The van der Waals surface area contributed by atoms with Crippen molar-refractivity contribution in [2.45, 2.75) is 32.7 Å². The summed E-state index contributed by atoms with van der Waals surface area (Å²) in [6, 6.07) is 6.63. The maximum Gasteiger partial charge on any atom is 0.161 e. The molecule has 1 aliphatic heterocycles. The Morgan fingerprint density at radius 1 is 1.19 bits per heavy atom. The van der Waals surface area contributed by atoms with E-state index in [9.17, 15) is 0 Å². The third-order valence-electron chi connectivity index (χ3n) is 3.95. The lowest BCUT2D eigenvalue weighted by atomic mass is 10.1. The average Bonchev–Trinajstić information content (AvgIpc) is 2.76. The third-order valence-corrected chi connectivity index (χ3v) is 3.95. The summed E-state index contributed by atoms with van der Waals surface area (Å²) >= 11 is 0. The Hall–Kier alpha value is -1.26. The number of nitrogens with zero attached hydrogens (tertiary/aromatic N) is 1. The van der Waals surface area contributed by atoms with Crippen LogP contribution in [-0.4, -0.2) is 44.8 Å². The molecule has 0 spiro atoms. The SMILES string of the molecule is CCCN(CC)CC(NC)c1ccc2c(c1)OCCCO2. The molecule has 0 bridgehead atoms. The van der Waals surface area contributed by atoms with Gasteiger partial charge in [0.05, 0.1) is 13.2 Å². The molecule has 0 fully saturated rings. The first-order valence-electron chi connectivity index (χ1n) is 8.07. The quantitative estimate of drug-likeness (QED) is 0.838. The highest BCUT2D eigenvalue weighted by Gasteiger charge is 2.17. The summed E-state index contributed by atoms with van der Waals surface area (Å²) in [6.45, 7) is 9.15. The van der Waals surface area contributed by atoms with Gasteiger partial charge in [0, 0.05) is 19.0 Å². The molecule has 1 atom stereocenters. The van der Waals surface area contributed by atoms with E-state index in [2.05, 4.69) is 36.2 Å². The van der Waals surface area contributed by atoms with Gasteiger partial charge in [0.15, 0.2) is 11.5 Å². The Balaban J connectivity index is 2.12. The second-order valence-electron chi connectivity index (χ2n) is 5.49. The van der Waals surface area contributed by atoms with Crippen LogP contribution < -0.4 is 14.8 Å². The van der Waals surface area contributed by atoms with Crippen LogP contribution in [0.3, 0.4) is 0 Å². The van der Waals surface area contributed by atoms with Crippen LogP contribution >= 0.6 is 0 Å². The van der Waals surface area contributed by atoms with Crippen LogP contribution in [0, 0.1) is 0 Å². The van der Waals surface area contributed by atoms with Crippen molar-refractivity contribution in [1.82, 2.24) is 10.2 Å². The minimum atomic E-state index is 0.314. The largest absolute Gasteiger partial charge is 0.490 e. The zero-order valence-electron chi connectivity index (χ0n) is 13.5. The molecule has 21 heavy (non-hydrogen) atoms. The van der Waals surface area contributed by atoms with Gasteiger partial charge in [-0.25, -0.2) is 0 Å². The Morgan fingerprint density at radius 2 is 1.95 bits per heavy atom. The molecule has 1 unspecified atom stereocenters. The fourth-order valence-electron chi connectivity index (χ4n) is 2.71. The van der Waals surface area contributed by atoms with Gasteiger partial charge >= 0.3 is 0 Å². The van der Waals surface area contributed by atoms with Gasteiger partial charge in [0.1, 0.15) is 0 Å². The topological polar surface area (TPSA) is 33.7 Å². The number of benzene rings is 1. The summed E-state index contributed by atoms with van der Waals surface area (Å²) in [7, 11) is 2.02. The van der Waals surface area contributed by atoms with Gasteiger partial charge in [-0.15, -0.1) is 0 Å². The first-order chi connectivity index (χ1) is 10.3. The number of rotatable bonds is 7. The van der Waals surface area contributed by atoms with Crippen LogP contribution in [0.25, 0.3) is 0 Å². The molecule has 118 valence electrons. The first-order valence-corrected chi connectivity index (χ1v) is 8.07. The summed E-state index contributed by atoms with van der Waals surface area (Å²) in [5, 5.41) is 3.43. The van der Waals surface area contributed by atoms with E-state index >= 15 is 0 Å². The molecule has 1 N–H and O–H groups in total. The van der Waals surface area contributed by atoms with Crippen molar-refractivity contribution in [3.8, 4) is 11.5 Å². The molecule has 1 aromatic carbocycles. The van der Waals surface area contributed by atoms with E-state index in [0.717, 1.165) is 50.8 Å². The van der Waals surface area contributed by atoms with Gasteiger partial charge in [-0.2, -0.15) is 0 Å². The van der Waals surface area contributed by atoms with E-state index in [1.54, 1.807) is 0 Å². The number of likely N-dealkylation sites (N-methyl/N-ethyl adjacent to an activating group) is 2. The van der Waals surface area contributed by atoms with Crippen LogP contribution in [0.15, 0.2) is 18.2 Å². The highest BCUT2D eigenvalue weighted by Crippen LogP contribution is 2.32. The van der Waals surface area contributed by atoms with Crippen molar-refractivity contribution in [2.75, 3.05) is 39.9 Å². The fraction of sp³-hybridized carbons (Fsp3) is 0.647. The van der Waals surface area contributed by atoms with Crippen molar-refractivity contribution >= 4 is 0 Å². The van der Waals surface area contributed by atoms with Gasteiger partial charge in [-0.1, -0.05) is 19.9 Å². The van der Waals surface area contributed by atoms with E-state index in [-0.39, 0.29) is 0 Å². The average molecular weight is 292 g/mol. The molecule has 2 rings (SSSR count). The summed E-state index contributed by atoms with van der Waals surface area (Å²) in [5.41, 5.74) is 1.26. The highest BCUT2D eigenvalue weighted by atomic mass is 16.5. The Kier molecular flexibility index (Phi) is 6.33. The summed E-state index contributed by atoms with van der Waals surface area (Å²) < 4.78 is 11.5. The fourth-order valence-corrected chi connectivity index (χ4v) is 2.71. The standard InChI is InChI=1S/C17H28N2O2/c1-4-9-19(5-2)13-15(18-3)14-7-8-16-17(12-14)21-11-6-10-20-16/h7-8,12,15,18H,4-6,9-11,13H2,1-3H3. The molecular formula is C17H28N2O2. The Bertz CT molecular complexity index is 437. The molecule has 0 aromatic heterocycles. The van der Waals surface area contributed by atoms with E-state index in [0.29, 0.717) is 6.04 Å². The second-order valence-corrected chi connectivity index (χ2v) is 5.49. The van der Waals surface area contributed by atoms with Crippen LogP contribution in [-0.2, 0) is 0 Å². The highest BCUT2D eigenvalue weighted by molar-refractivity contribution is 5.44. The number of ether oxygens (including phenoxy) is 2. The van der Waals surface area contributed by atoms with Gasteiger partial charge < -0.3 is 19.7 Å². The minimum Gasteiger partial charge on any atom is -0.490 e. The Morgan fingerprint density at radius 3 is 2.62 bits per heavy atom. The maximum atomic E-state index is 5.80. The number of nitrogens with one attached hydrogen (secondary N) is 1. The van der Waals surface area contributed by atoms with E-state index in [1.807, 2.05) is 13.1 Å². The molecule has 1 aromatic rings. The van der Waals surface area contributed by atoms with Gasteiger partial charge in [-0.3, -0.25) is 0 Å². The summed E-state index contributed by atoms with van der Waals surface area (Å²) in [4.78, 5) is 2.48. The molecule has 4 nitrogen and oxygen atoms in total. The molecule has 1 heterocycles. The van der Waals surface area contributed by atoms with Crippen molar-refractivity contribution in [1.29, 1.82) is 0 Å². The van der Waals surface area contributed by atoms with E-state index in [1.165, 1.54) is 12.0 Å². The van der Waals surface area contributed by atoms with Gasteiger partial charge in [-0.05, 0) is 44.3 Å². The van der Waals surface area contributed by atoms with Crippen molar-refractivity contribution in [3.05, 3.63) is 23.8 Å². The molecule has 1 aliphatic rings. The molecule has 0 radical (unpaired) electrons.